The Kier molecular flexibility index (Phi) is 19.5. The van der Waals surface area contributed by atoms with Crippen LogP contribution in [0.5, 0.6) is 17.2 Å². The quantitative estimate of drug-likeness (QED) is 0.230. The van der Waals surface area contributed by atoms with E-state index < -0.39 is 0 Å². The Hall–Kier alpha value is -3.30. The molecule has 0 radical (unpaired) electrons. The van der Waals surface area contributed by atoms with Crippen LogP contribution in [0.1, 0.15) is 56.2 Å². The van der Waals surface area contributed by atoms with E-state index in [2.05, 4.69) is 49.6 Å². The number of hydrogen-bond donors (Lipinski definition) is 2. The number of methoxy groups -OCH3 is 1. The van der Waals surface area contributed by atoms with Crippen molar-refractivity contribution in [2.45, 2.75) is 59.3 Å². The third kappa shape index (κ3) is 16.2. The molecule has 2 amide bonds. The zero-order chi connectivity index (χ0) is 32.0. The molecule has 0 spiro atoms. The Morgan fingerprint density at radius 2 is 1.16 bits per heavy atom. The predicted octanol–water partition coefficient (Wildman–Crippen LogP) is 4.49. The van der Waals surface area contributed by atoms with Crippen molar-refractivity contribution in [3.05, 3.63) is 53.1 Å². The van der Waals surface area contributed by atoms with E-state index in [1.807, 2.05) is 18.2 Å². The minimum atomic E-state index is 0.0818. The molecule has 9 nitrogen and oxygen atoms in total. The molecule has 0 bridgehead atoms. The first kappa shape index (κ1) is 37.7. The van der Waals surface area contributed by atoms with E-state index in [0.717, 1.165) is 81.0 Å². The van der Waals surface area contributed by atoms with E-state index in [4.69, 9.17) is 14.2 Å². The van der Waals surface area contributed by atoms with E-state index >= 15 is 0 Å². The Morgan fingerprint density at radius 3 is 1.63 bits per heavy atom. The largest absolute Gasteiger partial charge is 0.493 e. The molecule has 0 atom stereocenters. The van der Waals surface area contributed by atoms with Crippen molar-refractivity contribution in [3.63, 3.8) is 0 Å². The number of nitrogens with zero attached hydrogens (tertiary/aromatic N) is 2. The first-order valence-corrected chi connectivity index (χ1v) is 15.5. The molecule has 242 valence electrons. The maximum absolute atomic E-state index is 11.5. The number of aryl methyl sites for hydroxylation is 1. The number of likely N-dealkylation sites (N-methyl/N-ethyl adjacent to an activating group) is 2. The van der Waals surface area contributed by atoms with Gasteiger partial charge in [0.05, 0.1) is 33.4 Å². The van der Waals surface area contributed by atoms with Crippen molar-refractivity contribution in [2.75, 3.05) is 74.7 Å². The molecule has 0 aliphatic heterocycles. The van der Waals surface area contributed by atoms with Crippen molar-refractivity contribution in [1.29, 1.82) is 0 Å². The van der Waals surface area contributed by atoms with E-state index in [1.165, 1.54) is 11.1 Å². The molecule has 0 saturated carbocycles. The average molecular weight is 601 g/mol. The lowest BCUT2D eigenvalue weighted by Crippen LogP contribution is -2.33. The van der Waals surface area contributed by atoms with Gasteiger partial charge >= 0.3 is 0 Å². The highest BCUT2D eigenvalue weighted by Gasteiger charge is 2.07. The lowest BCUT2D eigenvalue weighted by molar-refractivity contribution is -0.128. The highest BCUT2D eigenvalue weighted by molar-refractivity contribution is 5.77. The van der Waals surface area contributed by atoms with Crippen LogP contribution < -0.4 is 24.8 Å². The zero-order valence-corrected chi connectivity index (χ0v) is 27.9. The molecule has 0 aliphatic carbocycles. The maximum Gasteiger partial charge on any atom is 0.236 e. The summed E-state index contributed by atoms with van der Waals surface area (Å²) in [6, 6.07) is 12.3. The van der Waals surface area contributed by atoms with Gasteiger partial charge in [-0.25, -0.2) is 0 Å². The molecule has 2 aromatic rings. The summed E-state index contributed by atoms with van der Waals surface area (Å²) in [5.74, 6) is 2.71. The van der Waals surface area contributed by atoms with Gasteiger partial charge in [-0.2, -0.15) is 0 Å². The van der Waals surface area contributed by atoms with Crippen LogP contribution in [0.4, 0.5) is 0 Å². The van der Waals surface area contributed by atoms with Gasteiger partial charge < -0.3 is 34.6 Å². The van der Waals surface area contributed by atoms with Gasteiger partial charge in [-0.1, -0.05) is 44.9 Å². The molecule has 9 heteroatoms. The van der Waals surface area contributed by atoms with Gasteiger partial charge in [0.1, 0.15) is 5.75 Å². The third-order valence-electron chi connectivity index (χ3n) is 6.72. The smallest absolute Gasteiger partial charge is 0.236 e. The normalized spacial score (nSPS) is 10.4. The van der Waals surface area contributed by atoms with Crippen LogP contribution in [0.15, 0.2) is 36.4 Å². The number of carbonyl (C=O) groups is 2. The van der Waals surface area contributed by atoms with Crippen LogP contribution >= 0.6 is 0 Å². The topological polar surface area (TPSA) is 92.4 Å². The highest BCUT2D eigenvalue weighted by atomic mass is 16.5. The summed E-state index contributed by atoms with van der Waals surface area (Å²) in [7, 11) is 8.70. The molecule has 2 rings (SSSR count). The Morgan fingerprint density at radius 1 is 0.698 bits per heavy atom. The van der Waals surface area contributed by atoms with Crippen molar-refractivity contribution in [1.82, 2.24) is 20.4 Å². The second kappa shape index (κ2) is 22.3. The Balaban J connectivity index is 0.000000430. The number of nitrogens with one attached hydrogen (secondary N) is 2. The second-order valence-corrected chi connectivity index (χ2v) is 10.9. The molecule has 0 unspecified atom stereocenters. The Bertz CT molecular complexity index is 1070. The fourth-order valence-electron chi connectivity index (χ4n) is 3.77. The number of rotatable bonds is 19. The zero-order valence-electron chi connectivity index (χ0n) is 27.9. The fraction of sp³-hybridized carbons (Fsp3) is 0.588. The van der Waals surface area contributed by atoms with Gasteiger partial charge in [0, 0.05) is 28.2 Å². The number of benzene rings is 2. The van der Waals surface area contributed by atoms with Crippen LogP contribution in [0, 0.1) is 6.92 Å². The second-order valence-electron chi connectivity index (χ2n) is 10.9. The van der Waals surface area contributed by atoms with Crippen LogP contribution in [0.3, 0.4) is 0 Å². The molecule has 0 fully saturated rings. The number of ether oxygens (including phenoxy) is 3. The van der Waals surface area contributed by atoms with Crippen molar-refractivity contribution < 1.29 is 23.8 Å². The van der Waals surface area contributed by atoms with Gasteiger partial charge in [-0.15, -0.1) is 0 Å². The number of amides is 2. The summed E-state index contributed by atoms with van der Waals surface area (Å²) in [5.41, 5.74) is 3.57. The summed E-state index contributed by atoms with van der Waals surface area (Å²) in [4.78, 5) is 26.1. The van der Waals surface area contributed by atoms with E-state index in [9.17, 15) is 9.59 Å². The van der Waals surface area contributed by atoms with Crippen LogP contribution in [0.2, 0.25) is 0 Å². The average Bonchev–Trinajstić information content (AvgIpc) is 2.99. The van der Waals surface area contributed by atoms with Gasteiger partial charge in [0.15, 0.2) is 11.5 Å². The van der Waals surface area contributed by atoms with Crippen LogP contribution in [-0.2, 0) is 22.4 Å². The predicted molar refractivity (Wildman–Crippen MR) is 176 cm³/mol. The minimum Gasteiger partial charge on any atom is -0.493 e. The van der Waals surface area contributed by atoms with Gasteiger partial charge in [-0.05, 0) is 80.6 Å². The van der Waals surface area contributed by atoms with Crippen molar-refractivity contribution >= 4 is 11.8 Å². The lowest BCUT2D eigenvalue weighted by atomic mass is 10.1. The molecule has 0 aromatic heterocycles. The number of hydrogen-bond acceptors (Lipinski definition) is 7. The first-order chi connectivity index (χ1) is 20.6. The van der Waals surface area contributed by atoms with Gasteiger partial charge in [0.2, 0.25) is 11.8 Å². The van der Waals surface area contributed by atoms with Gasteiger partial charge in [-0.3, -0.25) is 9.59 Å². The molecule has 2 N–H and O–H groups in total. The summed E-state index contributed by atoms with van der Waals surface area (Å²) >= 11 is 0. The van der Waals surface area contributed by atoms with Gasteiger partial charge in [0.25, 0.3) is 0 Å². The van der Waals surface area contributed by atoms with E-state index in [-0.39, 0.29) is 11.8 Å². The molecule has 2 aromatic carbocycles. The van der Waals surface area contributed by atoms with Crippen LogP contribution in [-0.4, -0.2) is 96.3 Å². The Labute approximate surface area is 260 Å². The maximum atomic E-state index is 11.5. The minimum absolute atomic E-state index is 0.0818. The molecule has 0 heterocycles. The highest BCUT2D eigenvalue weighted by Crippen LogP contribution is 2.28. The molecule has 0 saturated heterocycles. The van der Waals surface area contributed by atoms with E-state index in [1.54, 1.807) is 45.1 Å². The third-order valence-corrected chi connectivity index (χ3v) is 6.72. The summed E-state index contributed by atoms with van der Waals surface area (Å²) < 4.78 is 16.9. The van der Waals surface area contributed by atoms with Crippen molar-refractivity contribution in [2.24, 2.45) is 0 Å². The molecule has 0 aliphatic rings. The molecular weight excluding hydrogens is 544 g/mol. The van der Waals surface area contributed by atoms with E-state index in [0.29, 0.717) is 19.7 Å². The molecular formula is C34H56N4O5. The SMILES string of the molecule is CCCCOc1cc(CCNCC(=O)N(C)C)ccc1C.CCCCOc1cc(CCNCC(=O)N(C)C)ccc1OC. The standard InChI is InChI=1S/C17H28N2O3.C17H28N2O2/c1-5-6-11-22-16-12-14(7-8-15(16)21-4)9-10-18-13-17(20)19(2)3;1-5-6-11-21-16-12-15(8-7-14(16)2)9-10-18-13-17(20)19(3)4/h7-8,12,18H,5-6,9-11,13H2,1-4H3;7-8,12,18H,5-6,9-11,13H2,1-4H3. The molecule has 43 heavy (non-hydrogen) atoms. The van der Waals surface area contributed by atoms with Crippen molar-refractivity contribution in [3.8, 4) is 17.2 Å². The summed E-state index contributed by atoms with van der Waals surface area (Å²) in [6.07, 6.45) is 6.09. The van der Waals surface area contributed by atoms with Crippen LogP contribution in [0.25, 0.3) is 0 Å². The fourth-order valence-corrected chi connectivity index (χ4v) is 3.77. The number of unbranched alkanes of at least 4 members (excludes halogenated alkanes) is 2. The number of carbonyl (C=O) groups excluding carboxylic acids is 2. The monoisotopic (exact) mass is 600 g/mol. The summed E-state index contributed by atoms with van der Waals surface area (Å²) in [6.45, 7) is 10.1. The summed E-state index contributed by atoms with van der Waals surface area (Å²) in [5, 5.41) is 6.32. The first-order valence-electron chi connectivity index (χ1n) is 15.5. The lowest BCUT2D eigenvalue weighted by Gasteiger charge is -2.13.